The molecule has 13 heavy (non-hydrogen) atoms. The summed E-state index contributed by atoms with van der Waals surface area (Å²) < 4.78 is 0. The Hall–Kier alpha value is -1.10. The SMILES string of the molecule is CN1CC(=O)N2C[C@H](N)C[C@H]2C1=O. The number of nitrogens with zero attached hydrogens (tertiary/aromatic N) is 2. The molecule has 0 spiro atoms. The van der Waals surface area contributed by atoms with Gasteiger partial charge in [-0.05, 0) is 6.42 Å². The summed E-state index contributed by atoms with van der Waals surface area (Å²) in [5.41, 5.74) is 5.70. The number of carbonyl (C=O) groups is 2. The average molecular weight is 183 g/mol. The van der Waals surface area contributed by atoms with Crippen molar-refractivity contribution in [2.45, 2.75) is 18.5 Å². The molecule has 2 heterocycles. The minimum absolute atomic E-state index is 0.0139. The van der Waals surface area contributed by atoms with E-state index in [0.717, 1.165) is 0 Å². The zero-order chi connectivity index (χ0) is 9.59. The zero-order valence-electron chi connectivity index (χ0n) is 7.56. The zero-order valence-corrected chi connectivity index (χ0v) is 7.56. The molecule has 2 N–H and O–H groups in total. The van der Waals surface area contributed by atoms with Crippen molar-refractivity contribution in [1.82, 2.24) is 9.80 Å². The lowest BCUT2D eigenvalue weighted by Crippen LogP contribution is -2.55. The van der Waals surface area contributed by atoms with E-state index in [4.69, 9.17) is 5.73 Å². The number of carbonyl (C=O) groups excluding carboxylic acids is 2. The quantitative estimate of drug-likeness (QED) is 0.491. The molecule has 72 valence electrons. The molecule has 2 rings (SSSR count). The predicted octanol–water partition coefficient (Wildman–Crippen LogP) is -1.61. The summed E-state index contributed by atoms with van der Waals surface area (Å²) in [7, 11) is 1.65. The van der Waals surface area contributed by atoms with Gasteiger partial charge in [-0.2, -0.15) is 0 Å². The van der Waals surface area contributed by atoms with Crippen LogP contribution in [0.1, 0.15) is 6.42 Å². The molecule has 2 fully saturated rings. The minimum Gasteiger partial charge on any atom is -0.335 e. The summed E-state index contributed by atoms with van der Waals surface area (Å²) in [6, 6.07) is -0.328. The molecule has 2 amide bonds. The van der Waals surface area contributed by atoms with Crippen LogP contribution in [-0.4, -0.2) is 53.8 Å². The van der Waals surface area contributed by atoms with Gasteiger partial charge in [-0.15, -0.1) is 0 Å². The second kappa shape index (κ2) is 2.70. The molecule has 2 aliphatic rings. The van der Waals surface area contributed by atoms with Crippen LogP contribution in [0.4, 0.5) is 0 Å². The van der Waals surface area contributed by atoms with Crippen molar-refractivity contribution in [3.8, 4) is 0 Å². The molecule has 0 bridgehead atoms. The number of piperazine rings is 1. The Morgan fingerprint density at radius 3 is 2.85 bits per heavy atom. The molecule has 2 atom stereocenters. The molecule has 0 aliphatic carbocycles. The number of hydrogen-bond donors (Lipinski definition) is 1. The van der Waals surface area contributed by atoms with Gasteiger partial charge in [0.2, 0.25) is 11.8 Å². The van der Waals surface area contributed by atoms with E-state index in [1.807, 2.05) is 0 Å². The second-order valence-corrected chi connectivity index (χ2v) is 3.75. The van der Waals surface area contributed by atoms with Crippen molar-refractivity contribution in [1.29, 1.82) is 0 Å². The van der Waals surface area contributed by atoms with Gasteiger partial charge >= 0.3 is 0 Å². The van der Waals surface area contributed by atoms with Gasteiger partial charge < -0.3 is 15.5 Å². The van der Waals surface area contributed by atoms with Gasteiger partial charge in [0.05, 0.1) is 6.54 Å². The highest BCUT2D eigenvalue weighted by Gasteiger charge is 2.43. The Morgan fingerprint density at radius 1 is 1.46 bits per heavy atom. The van der Waals surface area contributed by atoms with Crippen LogP contribution in [0, 0.1) is 0 Å². The molecular weight excluding hydrogens is 170 g/mol. The monoisotopic (exact) mass is 183 g/mol. The van der Waals surface area contributed by atoms with E-state index < -0.39 is 0 Å². The molecule has 0 saturated carbocycles. The van der Waals surface area contributed by atoms with Crippen LogP contribution in [0.3, 0.4) is 0 Å². The van der Waals surface area contributed by atoms with Crippen molar-refractivity contribution in [2.75, 3.05) is 20.1 Å². The Bertz CT molecular complexity index is 266. The van der Waals surface area contributed by atoms with Crippen LogP contribution in [0.2, 0.25) is 0 Å². The lowest BCUT2D eigenvalue weighted by molar-refractivity contribution is -0.152. The van der Waals surface area contributed by atoms with Gasteiger partial charge in [0.25, 0.3) is 0 Å². The van der Waals surface area contributed by atoms with Crippen LogP contribution >= 0.6 is 0 Å². The van der Waals surface area contributed by atoms with E-state index in [1.165, 1.54) is 4.90 Å². The van der Waals surface area contributed by atoms with Crippen molar-refractivity contribution in [3.63, 3.8) is 0 Å². The first-order chi connectivity index (χ1) is 6.09. The van der Waals surface area contributed by atoms with Gasteiger partial charge in [-0.25, -0.2) is 0 Å². The van der Waals surface area contributed by atoms with Crippen molar-refractivity contribution in [2.24, 2.45) is 5.73 Å². The molecule has 2 aliphatic heterocycles. The fraction of sp³-hybridized carbons (Fsp3) is 0.750. The normalized spacial score (nSPS) is 34.0. The fourth-order valence-electron chi connectivity index (χ4n) is 2.00. The highest BCUT2D eigenvalue weighted by atomic mass is 16.2. The van der Waals surface area contributed by atoms with Gasteiger partial charge in [-0.3, -0.25) is 9.59 Å². The first-order valence-electron chi connectivity index (χ1n) is 4.39. The molecular formula is C8H13N3O2. The highest BCUT2D eigenvalue weighted by molar-refractivity contribution is 5.95. The number of likely N-dealkylation sites (N-methyl/N-ethyl adjacent to an activating group) is 1. The molecule has 5 heteroatoms. The maximum atomic E-state index is 11.6. The van der Waals surface area contributed by atoms with Gasteiger partial charge in [0.15, 0.2) is 0 Å². The molecule has 0 aromatic heterocycles. The van der Waals surface area contributed by atoms with Crippen molar-refractivity contribution in [3.05, 3.63) is 0 Å². The van der Waals surface area contributed by atoms with E-state index >= 15 is 0 Å². The predicted molar refractivity (Wildman–Crippen MR) is 45.7 cm³/mol. The summed E-state index contributed by atoms with van der Waals surface area (Å²) in [6.07, 6.45) is 0.606. The standard InChI is InChI=1S/C8H13N3O2/c1-10-4-7(12)11-3-5(9)2-6(11)8(10)13/h5-6H,2-4,9H2,1H3/t5-,6+/m1/s1. The van der Waals surface area contributed by atoms with Crippen LogP contribution < -0.4 is 5.73 Å². The summed E-state index contributed by atoms with van der Waals surface area (Å²) >= 11 is 0. The summed E-state index contributed by atoms with van der Waals surface area (Å²) in [5, 5.41) is 0. The van der Waals surface area contributed by atoms with E-state index in [2.05, 4.69) is 0 Å². The molecule has 2 saturated heterocycles. The maximum absolute atomic E-state index is 11.6. The summed E-state index contributed by atoms with van der Waals surface area (Å²) in [5.74, 6) is 0.0348. The smallest absolute Gasteiger partial charge is 0.245 e. The molecule has 0 aromatic rings. The second-order valence-electron chi connectivity index (χ2n) is 3.75. The van der Waals surface area contributed by atoms with E-state index in [-0.39, 0.29) is 30.4 Å². The third-order valence-electron chi connectivity index (χ3n) is 2.69. The Labute approximate surface area is 76.5 Å². The van der Waals surface area contributed by atoms with Gasteiger partial charge in [0.1, 0.15) is 6.04 Å². The lowest BCUT2D eigenvalue weighted by Gasteiger charge is -2.33. The molecule has 0 aromatic carbocycles. The van der Waals surface area contributed by atoms with Crippen LogP contribution in [0.5, 0.6) is 0 Å². The molecule has 5 nitrogen and oxygen atoms in total. The van der Waals surface area contributed by atoms with E-state index in [9.17, 15) is 9.59 Å². The number of hydrogen-bond acceptors (Lipinski definition) is 3. The molecule has 0 unspecified atom stereocenters. The summed E-state index contributed by atoms with van der Waals surface area (Å²) in [6.45, 7) is 0.727. The molecule has 0 radical (unpaired) electrons. The number of nitrogens with two attached hydrogens (primary N) is 1. The number of rotatable bonds is 0. The minimum atomic E-state index is -0.291. The fourth-order valence-corrected chi connectivity index (χ4v) is 2.00. The first-order valence-corrected chi connectivity index (χ1v) is 4.39. The van der Waals surface area contributed by atoms with Crippen LogP contribution in [-0.2, 0) is 9.59 Å². The van der Waals surface area contributed by atoms with Gasteiger partial charge in [0, 0.05) is 19.6 Å². The average Bonchev–Trinajstić information content (AvgIpc) is 2.44. The lowest BCUT2D eigenvalue weighted by atomic mass is 10.1. The highest BCUT2D eigenvalue weighted by Crippen LogP contribution is 2.21. The Morgan fingerprint density at radius 2 is 2.15 bits per heavy atom. The van der Waals surface area contributed by atoms with E-state index in [1.54, 1.807) is 11.9 Å². The first kappa shape index (κ1) is 8.50. The van der Waals surface area contributed by atoms with Crippen molar-refractivity contribution < 1.29 is 9.59 Å². The van der Waals surface area contributed by atoms with E-state index in [0.29, 0.717) is 13.0 Å². The topological polar surface area (TPSA) is 66.6 Å². The maximum Gasteiger partial charge on any atom is 0.245 e. The number of amides is 2. The Kier molecular flexibility index (Phi) is 1.76. The van der Waals surface area contributed by atoms with Gasteiger partial charge in [-0.1, -0.05) is 0 Å². The Balaban J connectivity index is 2.23. The number of fused-ring (bicyclic) bond motifs is 1. The third kappa shape index (κ3) is 1.19. The van der Waals surface area contributed by atoms with Crippen LogP contribution in [0.15, 0.2) is 0 Å². The largest absolute Gasteiger partial charge is 0.335 e. The summed E-state index contributed by atoms with van der Waals surface area (Å²) in [4.78, 5) is 26.1. The van der Waals surface area contributed by atoms with Crippen LogP contribution in [0.25, 0.3) is 0 Å². The third-order valence-corrected chi connectivity index (χ3v) is 2.69. The van der Waals surface area contributed by atoms with Crippen molar-refractivity contribution >= 4 is 11.8 Å².